The summed E-state index contributed by atoms with van der Waals surface area (Å²) >= 11 is 0. The minimum atomic E-state index is -0.361. The molecule has 0 aliphatic carbocycles. The first-order valence-electron chi connectivity index (χ1n) is 5.65. The number of aromatic nitrogens is 3. The summed E-state index contributed by atoms with van der Waals surface area (Å²) in [4.78, 5) is 24.3. The highest BCUT2D eigenvalue weighted by atomic mass is 16.2. The van der Waals surface area contributed by atoms with Gasteiger partial charge in [0.15, 0.2) is 0 Å². The molecule has 1 heterocycles. The number of carbonyl (C=O) groups excluding carboxylic acids is 2. The lowest BCUT2D eigenvalue weighted by atomic mass is 10.3. The molecule has 2 N–H and O–H groups in total. The minimum Gasteiger partial charge on any atom is -0.317 e. The van der Waals surface area contributed by atoms with Gasteiger partial charge in [0.05, 0.1) is 12.1 Å². The highest BCUT2D eigenvalue weighted by molar-refractivity contribution is 6.01. The lowest BCUT2D eigenvalue weighted by molar-refractivity contribution is -0.674. The van der Waals surface area contributed by atoms with Crippen LogP contribution in [0.4, 0.5) is 5.69 Å². The fourth-order valence-electron chi connectivity index (χ4n) is 1.58. The van der Waals surface area contributed by atoms with Gasteiger partial charge in [-0.2, -0.15) is 5.43 Å². The molecule has 0 spiro atoms. The molecule has 2 rings (SSSR count). The van der Waals surface area contributed by atoms with Crippen molar-refractivity contribution in [2.45, 2.75) is 6.92 Å². The summed E-state index contributed by atoms with van der Waals surface area (Å²) in [6.45, 7) is 1.35. The van der Waals surface area contributed by atoms with Gasteiger partial charge >= 0.3 is 11.7 Å². The maximum atomic E-state index is 12.2. The van der Waals surface area contributed by atoms with Gasteiger partial charge in [-0.1, -0.05) is 18.2 Å². The third kappa shape index (κ3) is 2.95. The summed E-state index contributed by atoms with van der Waals surface area (Å²) in [5, 5.41) is 6.63. The molecule has 2 amide bonds. The number of anilines is 1. The molecule has 1 aromatic carbocycles. The third-order valence-corrected chi connectivity index (χ3v) is 2.37. The molecule has 0 saturated carbocycles. The van der Waals surface area contributed by atoms with Crippen LogP contribution in [0.5, 0.6) is 0 Å². The van der Waals surface area contributed by atoms with Gasteiger partial charge in [-0.25, -0.2) is 4.57 Å². The van der Waals surface area contributed by atoms with Crippen LogP contribution in [0.25, 0.3) is 0 Å². The van der Waals surface area contributed by atoms with Gasteiger partial charge in [-0.05, 0) is 12.1 Å². The van der Waals surface area contributed by atoms with Crippen LogP contribution in [0.2, 0.25) is 0 Å². The number of para-hydroxylation sites is 1. The highest BCUT2D eigenvalue weighted by Crippen LogP contribution is 2.06. The monoisotopic (exact) mass is 260 g/mol. The molecule has 0 aliphatic heterocycles. The fraction of sp³-hybridized carbons (Fsp3) is 0.167. The van der Waals surface area contributed by atoms with E-state index in [0.717, 1.165) is 4.79 Å². The second-order valence-corrected chi connectivity index (χ2v) is 3.97. The largest absolute Gasteiger partial charge is 0.352 e. The first-order chi connectivity index (χ1) is 9.08. The Morgan fingerprint density at radius 1 is 1.26 bits per heavy atom. The molecule has 7 heteroatoms. The van der Waals surface area contributed by atoms with Crippen molar-refractivity contribution in [3.8, 4) is 0 Å². The standard InChI is InChI=1S/C12H13N5O2/c1-9(18)15-17-12(16(2)8-13-17)11(19)14-10-6-4-3-5-7-10/h3-8H,1-2H3,(H-,14,15,18,19)/p+1. The number of rotatable bonds is 3. The Morgan fingerprint density at radius 2 is 1.95 bits per heavy atom. The summed E-state index contributed by atoms with van der Waals surface area (Å²) in [5.74, 6) is -0.448. The van der Waals surface area contributed by atoms with Crippen LogP contribution >= 0.6 is 0 Å². The average molecular weight is 260 g/mol. The Bertz CT molecular complexity index is 606. The molecule has 0 saturated heterocycles. The normalized spacial score (nSPS) is 10.0. The molecule has 7 nitrogen and oxygen atoms in total. The molecule has 0 atom stereocenters. The van der Waals surface area contributed by atoms with E-state index in [1.165, 1.54) is 17.8 Å². The molecule has 98 valence electrons. The SMILES string of the molecule is CC(=O)Nn1nc[n+](C)c1C(=O)Nc1ccccc1. The maximum Gasteiger partial charge on any atom is 0.352 e. The summed E-state index contributed by atoms with van der Waals surface area (Å²) in [5.41, 5.74) is 3.12. The van der Waals surface area contributed by atoms with Crippen molar-refractivity contribution in [2.75, 3.05) is 10.7 Å². The van der Waals surface area contributed by atoms with Gasteiger partial charge in [0, 0.05) is 17.4 Å². The molecule has 0 fully saturated rings. The Morgan fingerprint density at radius 3 is 2.58 bits per heavy atom. The smallest absolute Gasteiger partial charge is 0.317 e. The first-order valence-corrected chi connectivity index (χ1v) is 5.65. The van der Waals surface area contributed by atoms with E-state index in [9.17, 15) is 9.59 Å². The topological polar surface area (TPSA) is 79.9 Å². The quantitative estimate of drug-likeness (QED) is 0.765. The second-order valence-electron chi connectivity index (χ2n) is 3.97. The predicted molar refractivity (Wildman–Crippen MR) is 67.8 cm³/mol. The van der Waals surface area contributed by atoms with Crippen LogP contribution < -0.4 is 15.3 Å². The number of amides is 2. The van der Waals surface area contributed by atoms with Crippen molar-refractivity contribution in [1.29, 1.82) is 0 Å². The fourth-order valence-corrected chi connectivity index (χ4v) is 1.58. The summed E-state index contributed by atoms with van der Waals surface area (Å²) in [7, 11) is 1.67. The van der Waals surface area contributed by atoms with Gasteiger partial charge in [0.2, 0.25) is 5.91 Å². The number of hydrogen-bond acceptors (Lipinski definition) is 3. The molecule has 0 unspecified atom stereocenters. The van der Waals surface area contributed by atoms with Gasteiger partial charge in [-0.15, -0.1) is 0 Å². The van der Waals surface area contributed by atoms with Crippen LogP contribution in [0, 0.1) is 0 Å². The highest BCUT2D eigenvalue weighted by Gasteiger charge is 2.25. The molecule has 0 radical (unpaired) electrons. The zero-order chi connectivity index (χ0) is 13.8. The molecule has 1 aromatic heterocycles. The number of benzene rings is 1. The van der Waals surface area contributed by atoms with E-state index in [1.807, 2.05) is 18.2 Å². The van der Waals surface area contributed by atoms with Gasteiger partial charge in [0.1, 0.15) is 0 Å². The zero-order valence-electron chi connectivity index (χ0n) is 10.6. The Balaban J connectivity index is 2.23. The van der Waals surface area contributed by atoms with Crippen molar-refractivity contribution in [3.05, 3.63) is 42.5 Å². The van der Waals surface area contributed by atoms with Crippen molar-refractivity contribution in [3.63, 3.8) is 0 Å². The zero-order valence-corrected chi connectivity index (χ0v) is 10.6. The first kappa shape index (κ1) is 12.7. The molecule has 19 heavy (non-hydrogen) atoms. The summed E-state index contributed by atoms with van der Waals surface area (Å²) in [6.07, 6.45) is 1.44. The van der Waals surface area contributed by atoms with E-state index < -0.39 is 0 Å². The van der Waals surface area contributed by atoms with Crippen molar-refractivity contribution < 1.29 is 14.2 Å². The lowest BCUT2D eigenvalue weighted by Gasteiger charge is -2.03. The minimum absolute atomic E-state index is 0.221. The summed E-state index contributed by atoms with van der Waals surface area (Å²) < 4.78 is 1.52. The molecule has 0 aliphatic rings. The van der Waals surface area contributed by atoms with E-state index in [4.69, 9.17) is 0 Å². The number of hydrogen-bond donors (Lipinski definition) is 2. The average Bonchev–Trinajstić information content (AvgIpc) is 2.71. The van der Waals surface area contributed by atoms with E-state index in [-0.39, 0.29) is 17.6 Å². The van der Waals surface area contributed by atoms with Crippen LogP contribution in [0.1, 0.15) is 17.5 Å². The van der Waals surface area contributed by atoms with Crippen molar-refractivity contribution in [2.24, 2.45) is 7.05 Å². The van der Waals surface area contributed by atoms with Gasteiger partial charge < -0.3 is 5.32 Å². The van der Waals surface area contributed by atoms with Crippen LogP contribution in [0.15, 0.2) is 36.7 Å². The van der Waals surface area contributed by atoms with E-state index >= 15 is 0 Å². The van der Waals surface area contributed by atoms with Gasteiger partial charge in [-0.3, -0.25) is 9.59 Å². The van der Waals surface area contributed by atoms with E-state index in [1.54, 1.807) is 19.2 Å². The number of aryl methyl sites for hydroxylation is 1. The predicted octanol–water partition coefficient (Wildman–Crippen LogP) is 0.0499. The van der Waals surface area contributed by atoms with Crippen molar-refractivity contribution in [1.82, 2.24) is 9.89 Å². The molecular weight excluding hydrogens is 246 g/mol. The maximum absolute atomic E-state index is 12.2. The Kier molecular flexibility index (Phi) is 3.56. The third-order valence-electron chi connectivity index (χ3n) is 2.37. The van der Waals surface area contributed by atoms with Gasteiger partial charge in [0.25, 0.3) is 6.33 Å². The number of nitrogens with zero attached hydrogens (tertiary/aromatic N) is 3. The summed E-state index contributed by atoms with van der Waals surface area (Å²) in [6, 6.07) is 9.05. The van der Waals surface area contributed by atoms with Crippen LogP contribution in [-0.2, 0) is 11.8 Å². The molecule has 0 bridgehead atoms. The number of nitrogens with one attached hydrogen (secondary N) is 2. The lowest BCUT2D eigenvalue weighted by Crippen LogP contribution is -2.40. The van der Waals surface area contributed by atoms with Crippen LogP contribution in [0.3, 0.4) is 0 Å². The van der Waals surface area contributed by atoms with E-state index in [0.29, 0.717) is 5.69 Å². The van der Waals surface area contributed by atoms with E-state index in [2.05, 4.69) is 15.8 Å². The number of carbonyl (C=O) groups is 2. The molecule has 2 aromatic rings. The Labute approximate surface area is 109 Å². The van der Waals surface area contributed by atoms with Crippen LogP contribution in [-0.4, -0.2) is 21.7 Å². The second kappa shape index (κ2) is 5.30. The Hall–Kier alpha value is -2.70. The molecular formula is C12H14N5O2+. The van der Waals surface area contributed by atoms with Crippen molar-refractivity contribution >= 4 is 17.5 Å².